The summed E-state index contributed by atoms with van der Waals surface area (Å²) in [5, 5.41) is 4.77. The summed E-state index contributed by atoms with van der Waals surface area (Å²) in [6.07, 6.45) is 2.85. The SMILES string of the molecule is CNC(=O)NC(=O)[C@H](C)N1CCC[C@@H]1c1ccc2c(c1)OCCCO2. The molecule has 3 amide bonds. The Kier molecular flexibility index (Phi) is 5.43. The van der Waals surface area contributed by atoms with Gasteiger partial charge in [0.2, 0.25) is 5.91 Å². The van der Waals surface area contributed by atoms with Crippen LogP contribution in [0.15, 0.2) is 18.2 Å². The summed E-state index contributed by atoms with van der Waals surface area (Å²) in [5.41, 5.74) is 1.11. The first-order valence-electron chi connectivity index (χ1n) is 8.78. The number of carbonyl (C=O) groups excluding carboxylic acids is 2. The number of hydrogen-bond donors (Lipinski definition) is 2. The van der Waals surface area contributed by atoms with Crippen LogP contribution in [0.25, 0.3) is 0 Å². The zero-order valence-corrected chi connectivity index (χ0v) is 14.7. The van der Waals surface area contributed by atoms with Gasteiger partial charge in [-0.3, -0.25) is 15.0 Å². The Morgan fingerprint density at radius 1 is 1.20 bits per heavy atom. The van der Waals surface area contributed by atoms with Crippen LogP contribution in [0, 0.1) is 0 Å². The lowest BCUT2D eigenvalue weighted by molar-refractivity contribution is -0.125. The molecule has 0 bridgehead atoms. The first-order valence-corrected chi connectivity index (χ1v) is 8.78. The van der Waals surface area contributed by atoms with Crippen molar-refractivity contribution in [1.29, 1.82) is 0 Å². The third kappa shape index (κ3) is 3.87. The van der Waals surface area contributed by atoms with Crippen molar-refractivity contribution in [2.24, 2.45) is 0 Å². The quantitative estimate of drug-likeness (QED) is 0.872. The van der Waals surface area contributed by atoms with Crippen LogP contribution in [0.4, 0.5) is 4.79 Å². The number of hydrogen-bond acceptors (Lipinski definition) is 5. The first-order chi connectivity index (χ1) is 12.1. The second-order valence-electron chi connectivity index (χ2n) is 6.40. The summed E-state index contributed by atoms with van der Waals surface area (Å²) in [4.78, 5) is 25.8. The molecule has 3 rings (SSSR count). The van der Waals surface area contributed by atoms with Gasteiger partial charge < -0.3 is 14.8 Å². The van der Waals surface area contributed by atoms with E-state index in [9.17, 15) is 9.59 Å². The van der Waals surface area contributed by atoms with Gasteiger partial charge in [-0.2, -0.15) is 0 Å². The molecule has 136 valence electrons. The number of amides is 3. The van der Waals surface area contributed by atoms with E-state index in [1.807, 2.05) is 25.1 Å². The van der Waals surface area contributed by atoms with E-state index < -0.39 is 6.03 Å². The van der Waals surface area contributed by atoms with E-state index in [0.29, 0.717) is 13.2 Å². The molecule has 0 saturated carbocycles. The highest BCUT2D eigenvalue weighted by molar-refractivity contribution is 5.96. The van der Waals surface area contributed by atoms with Crippen molar-refractivity contribution in [2.75, 3.05) is 26.8 Å². The Morgan fingerprint density at radius 2 is 1.96 bits per heavy atom. The minimum absolute atomic E-state index is 0.127. The fourth-order valence-corrected chi connectivity index (χ4v) is 3.43. The van der Waals surface area contributed by atoms with E-state index in [1.165, 1.54) is 7.05 Å². The number of benzene rings is 1. The van der Waals surface area contributed by atoms with Crippen LogP contribution in [0.2, 0.25) is 0 Å². The zero-order valence-electron chi connectivity index (χ0n) is 14.7. The number of nitrogens with zero attached hydrogens (tertiary/aromatic N) is 1. The maximum absolute atomic E-state index is 12.3. The third-order valence-corrected chi connectivity index (χ3v) is 4.79. The number of rotatable bonds is 3. The minimum atomic E-state index is -0.483. The molecule has 2 aliphatic heterocycles. The van der Waals surface area contributed by atoms with Crippen molar-refractivity contribution in [2.45, 2.75) is 38.3 Å². The molecule has 25 heavy (non-hydrogen) atoms. The van der Waals surface area contributed by atoms with Gasteiger partial charge in [0.25, 0.3) is 0 Å². The smallest absolute Gasteiger partial charge is 0.321 e. The van der Waals surface area contributed by atoms with E-state index in [2.05, 4.69) is 15.5 Å². The van der Waals surface area contributed by atoms with Crippen molar-refractivity contribution in [3.63, 3.8) is 0 Å². The molecule has 1 aromatic rings. The lowest BCUT2D eigenvalue weighted by Gasteiger charge is -2.30. The fraction of sp³-hybridized carbons (Fsp3) is 0.556. The Balaban J connectivity index is 1.76. The topological polar surface area (TPSA) is 79.9 Å². The molecule has 2 atom stereocenters. The minimum Gasteiger partial charge on any atom is -0.490 e. The number of carbonyl (C=O) groups is 2. The zero-order chi connectivity index (χ0) is 17.8. The Hall–Kier alpha value is -2.28. The van der Waals surface area contributed by atoms with Crippen molar-refractivity contribution in [1.82, 2.24) is 15.5 Å². The van der Waals surface area contributed by atoms with E-state index in [1.54, 1.807) is 0 Å². The maximum Gasteiger partial charge on any atom is 0.321 e. The van der Waals surface area contributed by atoms with Crippen molar-refractivity contribution < 1.29 is 19.1 Å². The van der Waals surface area contributed by atoms with Crippen molar-refractivity contribution in [3.05, 3.63) is 23.8 Å². The lowest BCUT2D eigenvalue weighted by atomic mass is 10.0. The van der Waals surface area contributed by atoms with E-state index >= 15 is 0 Å². The summed E-state index contributed by atoms with van der Waals surface area (Å²) in [5.74, 6) is 1.25. The molecule has 2 aliphatic rings. The number of fused-ring (bicyclic) bond motifs is 1. The van der Waals surface area contributed by atoms with Crippen molar-refractivity contribution >= 4 is 11.9 Å². The van der Waals surface area contributed by atoms with Gasteiger partial charge >= 0.3 is 6.03 Å². The molecular formula is C18H25N3O4. The van der Waals surface area contributed by atoms with Gasteiger partial charge in [0.15, 0.2) is 11.5 Å². The van der Waals surface area contributed by atoms with Gasteiger partial charge in [0.05, 0.1) is 19.3 Å². The van der Waals surface area contributed by atoms with Crippen LogP contribution in [0.5, 0.6) is 11.5 Å². The molecular weight excluding hydrogens is 322 g/mol. The van der Waals surface area contributed by atoms with Gasteiger partial charge in [-0.15, -0.1) is 0 Å². The summed E-state index contributed by atoms with van der Waals surface area (Å²) in [7, 11) is 1.49. The van der Waals surface area contributed by atoms with Crippen LogP contribution in [0.3, 0.4) is 0 Å². The van der Waals surface area contributed by atoms with Crippen LogP contribution >= 0.6 is 0 Å². The maximum atomic E-state index is 12.3. The highest BCUT2D eigenvalue weighted by atomic mass is 16.5. The van der Waals surface area contributed by atoms with Crippen LogP contribution < -0.4 is 20.1 Å². The molecule has 0 aromatic heterocycles. The second kappa shape index (κ2) is 7.74. The molecule has 2 heterocycles. The highest BCUT2D eigenvalue weighted by Gasteiger charge is 2.34. The number of ether oxygens (including phenoxy) is 2. The Bertz CT molecular complexity index is 649. The predicted molar refractivity (Wildman–Crippen MR) is 92.8 cm³/mol. The summed E-state index contributed by atoms with van der Waals surface area (Å²) in [6.45, 7) is 3.97. The van der Waals surface area contributed by atoms with Gasteiger partial charge in [0.1, 0.15) is 0 Å². The van der Waals surface area contributed by atoms with E-state index in [-0.39, 0.29) is 18.0 Å². The Morgan fingerprint density at radius 3 is 2.72 bits per heavy atom. The first kappa shape index (κ1) is 17.5. The average molecular weight is 347 g/mol. The number of nitrogens with one attached hydrogen (secondary N) is 2. The molecule has 0 radical (unpaired) electrons. The third-order valence-electron chi connectivity index (χ3n) is 4.79. The van der Waals surface area contributed by atoms with E-state index in [0.717, 1.165) is 42.9 Å². The number of urea groups is 1. The van der Waals surface area contributed by atoms with Crippen molar-refractivity contribution in [3.8, 4) is 11.5 Å². The number of likely N-dealkylation sites (tertiary alicyclic amines) is 1. The van der Waals surface area contributed by atoms with Crippen LogP contribution in [-0.2, 0) is 4.79 Å². The second-order valence-corrected chi connectivity index (χ2v) is 6.40. The fourth-order valence-electron chi connectivity index (χ4n) is 3.43. The molecule has 7 nitrogen and oxygen atoms in total. The van der Waals surface area contributed by atoms with E-state index in [4.69, 9.17) is 9.47 Å². The largest absolute Gasteiger partial charge is 0.490 e. The molecule has 1 aromatic carbocycles. The van der Waals surface area contributed by atoms with Crippen LogP contribution in [0.1, 0.15) is 37.8 Å². The molecule has 7 heteroatoms. The molecule has 1 fully saturated rings. The molecule has 0 aliphatic carbocycles. The van der Waals surface area contributed by atoms with Crippen LogP contribution in [-0.4, -0.2) is 49.7 Å². The average Bonchev–Trinajstić information content (AvgIpc) is 2.99. The summed E-state index contributed by atoms with van der Waals surface area (Å²) >= 11 is 0. The normalized spacial score (nSPS) is 21.3. The highest BCUT2D eigenvalue weighted by Crippen LogP contribution is 2.38. The lowest BCUT2D eigenvalue weighted by Crippen LogP contribution is -2.48. The standard InChI is InChI=1S/C18H25N3O4/c1-12(17(22)20-18(23)19-2)21-8-3-5-14(21)13-6-7-15-16(11-13)25-10-4-9-24-15/h6-7,11-12,14H,3-5,8-10H2,1-2H3,(H2,19,20,22,23)/t12-,14+/m0/s1. The predicted octanol–water partition coefficient (Wildman–Crippen LogP) is 1.83. The molecule has 2 N–H and O–H groups in total. The number of imide groups is 1. The summed E-state index contributed by atoms with van der Waals surface area (Å²) in [6, 6.07) is 5.26. The molecule has 1 saturated heterocycles. The monoisotopic (exact) mass is 347 g/mol. The van der Waals surface area contributed by atoms with Gasteiger partial charge in [0, 0.05) is 19.5 Å². The van der Waals surface area contributed by atoms with Gasteiger partial charge in [-0.1, -0.05) is 6.07 Å². The summed E-state index contributed by atoms with van der Waals surface area (Å²) < 4.78 is 11.5. The van der Waals surface area contributed by atoms with Gasteiger partial charge in [-0.25, -0.2) is 4.79 Å². The molecule has 0 unspecified atom stereocenters. The molecule has 0 spiro atoms. The van der Waals surface area contributed by atoms with Gasteiger partial charge in [-0.05, 0) is 44.0 Å². The Labute approximate surface area is 147 Å².